The van der Waals surface area contributed by atoms with Crippen LogP contribution in [0.1, 0.15) is 10.4 Å². The fraction of sp³-hybridized carbons (Fsp3) is 0.111. The van der Waals surface area contributed by atoms with Crippen LogP contribution in [0.15, 0.2) is 22.1 Å². The summed E-state index contributed by atoms with van der Waals surface area (Å²) in [5.41, 5.74) is 1.34. The lowest BCUT2D eigenvalue weighted by atomic mass is 10.2. The Bertz CT molecular complexity index is 495. The summed E-state index contributed by atoms with van der Waals surface area (Å²) in [6, 6.07) is 5.32. The third-order valence-corrected chi connectivity index (χ3v) is 3.27. The van der Waals surface area contributed by atoms with Crippen molar-refractivity contribution in [1.82, 2.24) is 4.98 Å². The molecule has 14 heavy (non-hydrogen) atoms. The van der Waals surface area contributed by atoms with Gasteiger partial charge in [0.05, 0.1) is 22.9 Å². The third kappa shape index (κ3) is 1.65. The fourth-order valence-electron chi connectivity index (χ4n) is 1.14. The van der Waals surface area contributed by atoms with Crippen molar-refractivity contribution in [3.05, 3.63) is 27.7 Å². The number of carbonyl (C=O) groups excluding carboxylic acids is 1. The number of hydrogen-bond donors (Lipinski definition) is 0. The molecule has 0 unspecified atom stereocenters. The van der Waals surface area contributed by atoms with Gasteiger partial charge in [-0.1, -0.05) is 0 Å². The highest BCUT2D eigenvalue weighted by molar-refractivity contribution is 9.11. The molecular weight excluding hydrogens is 266 g/mol. The van der Waals surface area contributed by atoms with Crippen LogP contribution in [0.5, 0.6) is 0 Å². The van der Waals surface area contributed by atoms with Crippen molar-refractivity contribution >= 4 is 43.5 Å². The van der Waals surface area contributed by atoms with Crippen LogP contribution >= 0.6 is 27.3 Å². The first kappa shape index (κ1) is 9.61. The van der Waals surface area contributed by atoms with Crippen molar-refractivity contribution in [3.8, 4) is 0 Å². The minimum absolute atomic E-state index is 0.337. The molecule has 0 atom stereocenters. The molecule has 5 heteroatoms. The summed E-state index contributed by atoms with van der Waals surface area (Å²) in [5, 5.41) is 0. The van der Waals surface area contributed by atoms with Gasteiger partial charge in [-0.05, 0) is 34.1 Å². The predicted molar refractivity (Wildman–Crippen MR) is 58.7 cm³/mol. The van der Waals surface area contributed by atoms with Crippen molar-refractivity contribution in [1.29, 1.82) is 0 Å². The summed E-state index contributed by atoms with van der Waals surface area (Å²) in [6.45, 7) is 0. The largest absolute Gasteiger partial charge is 0.465 e. The van der Waals surface area contributed by atoms with Gasteiger partial charge >= 0.3 is 5.97 Å². The highest BCUT2D eigenvalue weighted by Crippen LogP contribution is 2.26. The summed E-state index contributed by atoms with van der Waals surface area (Å²) >= 11 is 4.83. The minimum atomic E-state index is -0.337. The van der Waals surface area contributed by atoms with Gasteiger partial charge in [-0.25, -0.2) is 9.78 Å². The van der Waals surface area contributed by atoms with E-state index in [0.717, 1.165) is 14.1 Å². The molecule has 72 valence electrons. The van der Waals surface area contributed by atoms with Crippen LogP contribution in [0.4, 0.5) is 0 Å². The van der Waals surface area contributed by atoms with Gasteiger partial charge in [-0.3, -0.25) is 0 Å². The van der Waals surface area contributed by atoms with Gasteiger partial charge in [0.25, 0.3) is 0 Å². The van der Waals surface area contributed by atoms with E-state index in [1.807, 2.05) is 6.07 Å². The first-order valence-electron chi connectivity index (χ1n) is 3.85. The molecule has 0 aliphatic heterocycles. The lowest BCUT2D eigenvalue weighted by Crippen LogP contribution is -2.00. The van der Waals surface area contributed by atoms with Crippen LogP contribution in [-0.4, -0.2) is 18.1 Å². The number of rotatable bonds is 1. The Balaban J connectivity index is 2.55. The van der Waals surface area contributed by atoms with E-state index in [0.29, 0.717) is 5.56 Å². The maximum atomic E-state index is 11.2. The number of carbonyl (C=O) groups is 1. The molecule has 0 spiro atoms. The van der Waals surface area contributed by atoms with Gasteiger partial charge in [-0.15, -0.1) is 11.3 Å². The van der Waals surface area contributed by atoms with Gasteiger partial charge in [0, 0.05) is 0 Å². The average Bonchev–Trinajstić information content (AvgIpc) is 2.55. The van der Waals surface area contributed by atoms with E-state index in [4.69, 9.17) is 0 Å². The van der Waals surface area contributed by atoms with Crippen molar-refractivity contribution in [3.63, 3.8) is 0 Å². The molecule has 0 N–H and O–H groups in total. The van der Waals surface area contributed by atoms with Crippen molar-refractivity contribution in [2.24, 2.45) is 0 Å². The number of benzene rings is 1. The maximum Gasteiger partial charge on any atom is 0.337 e. The van der Waals surface area contributed by atoms with Crippen LogP contribution in [0.2, 0.25) is 0 Å². The minimum Gasteiger partial charge on any atom is -0.465 e. The molecule has 0 amide bonds. The molecule has 0 saturated heterocycles. The molecular formula is C9H6BrNO2S. The Kier molecular flexibility index (Phi) is 2.52. The van der Waals surface area contributed by atoms with Gasteiger partial charge in [0.1, 0.15) is 0 Å². The number of fused-ring (bicyclic) bond motifs is 1. The topological polar surface area (TPSA) is 39.2 Å². The summed E-state index contributed by atoms with van der Waals surface area (Å²) in [5.74, 6) is -0.337. The van der Waals surface area contributed by atoms with Crippen LogP contribution in [0.3, 0.4) is 0 Å². The second-order valence-corrected chi connectivity index (χ2v) is 4.95. The van der Waals surface area contributed by atoms with Crippen LogP contribution in [-0.2, 0) is 4.74 Å². The number of esters is 1. The number of thiazole rings is 1. The zero-order valence-electron chi connectivity index (χ0n) is 7.28. The summed E-state index contributed by atoms with van der Waals surface area (Å²) in [4.78, 5) is 15.4. The smallest absolute Gasteiger partial charge is 0.337 e. The Morgan fingerprint density at radius 2 is 2.36 bits per heavy atom. The van der Waals surface area contributed by atoms with E-state index >= 15 is 0 Å². The highest BCUT2D eigenvalue weighted by Gasteiger charge is 2.08. The van der Waals surface area contributed by atoms with Gasteiger partial charge in [-0.2, -0.15) is 0 Å². The number of methoxy groups -OCH3 is 1. The average molecular weight is 272 g/mol. The number of aromatic nitrogens is 1. The molecule has 0 fully saturated rings. The van der Waals surface area contributed by atoms with Gasteiger partial charge in [0.2, 0.25) is 0 Å². The lowest BCUT2D eigenvalue weighted by molar-refractivity contribution is 0.0601. The van der Waals surface area contributed by atoms with E-state index in [2.05, 4.69) is 25.7 Å². The lowest BCUT2D eigenvalue weighted by Gasteiger charge is -1.97. The molecule has 3 nitrogen and oxygen atoms in total. The Morgan fingerprint density at radius 3 is 3.07 bits per heavy atom. The normalized spacial score (nSPS) is 10.4. The molecule has 1 heterocycles. The van der Waals surface area contributed by atoms with E-state index < -0.39 is 0 Å². The van der Waals surface area contributed by atoms with E-state index in [1.54, 1.807) is 12.1 Å². The molecule has 2 aromatic rings. The highest BCUT2D eigenvalue weighted by atomic mass is 79.9. The standard InChI is InChI=1S/C9H6BrNO2S/c1-13-8(12)5-2-3-7-6(4-5)11-9(10)14-7/h2-4H,1H3. The number of hydrogen-bond acceptors (Lipinski definition) is 4. The van der Waals surface area contributed by atoms with E-state index in [9.17, 15) is 4.79 Å². The Morgan fingerprint density at radius 1 is 1.57 bits per heavy atom. The molecule has 1 aromatic carbocycles. The Labute approximate surface area is 92.8 Å². The summed E-state index contributed by atoms with van der Waals surface area (Å²) in [7, 11) is 1.36. The second kappa shape index (κ2) is 3.67. The monoisotopic (exact) mass is 271 g/mol. The molecule has 1 aromatic heterocycles. The predicted octanol–water partition coefficient (Wildman–Crippen LogP) is 2.85. The summed E-state index contributed by atoms with van der Waals surface area (Å²) in [6.07, 6.45) is 0. The molecule has 0 saturated carbocycles. The van der Waals surface area contributed by atoms with E-state index in [1.165, 1.54) is 18.4 Å². The first-order valence-corrected chi connectivity index (χ1v) is 5.46. The quantitative estimate of drug-likeness (QED) is 0.749. The fourth-order valence-corrected chi connectivity index (χ4v) is 2.53. The van der Waals surface area contributed by atoms with Crippen molar-refractivity contribution in [2.75, 3.05) is 7.11 Å². The molecule has 0 bridgehead atoms. The Hall–Kier alpha value is -0.940. The first-order chi connectivity index (χ1) is 6.70. The number of ether oxygens (including phenoxy) is 1. The zero-order valence-corrected chi connectivity index (χ0v) is 9.68. The summed E-state index contributed by atoms with van der Waals surface area (Å²) < 4.78 is 6.48. The van der Waals surface area contributed by atoms with Crippen LogP contribution < -0.4 is 0 Å². The maximum absolute atomic E-state index is 11.2. The van der Waals surface area contributed by atoms with Crippen molar-refractivity contribution in [2.45, 2.75) is 0 Å². The van der Waals surface area contributed by atoms with E-state index in [-0.39, 0.29) is 5.97 Å². The second-order valence-electron chi connectivity index (χ2n) is 2.64. The van der Waals surface area contributed by atoms with Gasteiger partial charge < -0.3 is 4.74 Å². The van der Waals surface area contributed by atoms with Crippen molar-refractivity contribution < 1.29 is 9.53 Å². The SMILES string of the molecule is COC(=O)c1ccc2sc(Br)nc2c1. The van der Waals surface area contributed by atoms with Crippen LogP contribution in [0.25, 0.3) is 10.2 Å². The molecule has 2 rings (SSSR count). The molecule has 0 radical (unpaired) electrons. The van der Waals surface area contributed by atoms with Crippen LogP contribution in [0, 0.1) is 0 Å². The number of halogens is 1. The van der Waals surface area contributed by atoms with Gasteiger partial charge in [0.15, 0.2) is 3.92 Å². The molecule has 0 aliphatic carbocycles. The zero-order chi connectivity index (χ0) is 10.1. The third-order valence-electron chi connectivity index (χ3n) is 1.78. The number of nitrogens with zero attached hydrogens (tertiary/aromatic N) is 1. The molecule has 0 aliphatic rings.